The summed E-state index contributed by atoms with van der Waals surface area (Å²) in [6.45, 7) is 1.40. The lowest BCUT2D eigenvalue weighted by Crippen LogP contribution is -2.33. The molecule has 1 unspecified atom stereocenters. The number of ether oxygens (including phenoxy) is 1. The van der Waals surface area contributed by atoms with Gasteiger partial charge in [0, 0.05) is 29.3 Å². The summed E-state index contributed by atoms with van der Waals surface area (Å²) in [6, 6.07) is 20.3. The van der Waals surface area contributed by atoms with Gasteiger partial charge in [0.05, 0.1) is 11.6 Å². The van der Waals surface area contributed by atoms with Crippen LogP contribution in [-0.2, 0) is 9.53 Å². The van der Waals surface area contributed by atoms with Gasteiger partial charge >= 0.3 is 5.97 Å². The molecule has 1 atom stereocenters. The van der Waals surface area contributed by atoms with Gasteiger partial charge in [-0.1, -0.05) is 66.7 Å². The molecule has 4 rings (SSSR count). The van der Waals surface area contributed by atoms with Crippen molar-refractivity contribution in [3.05, 3.63) is 106 Å². The Kier molecular flexibility index (Phi) is 5.69. The molecule has 0 N–H and O–H groups in total. The molecule has 1 amide bonds. The largest absolute Gasteiger partial charge is 0.452 e. The van der Waals surface area contributed by atoms with Gasteiger partial charge < -0.3 is 9.64 Å². The first-order valence-corrected chi connectivity index (χ1v) is 10.2. The summed E-state index contributed by atoms with van der Waals surface area (Å²) in [4.78, 5) is 52.7. The average Bonchev–Trinajstić information content (AvgIpc) is 2.84. The molecule has 6 nitrogen and oxygen atoms in total. The summed E-state index contributed by atoms with van der Waals surface area (Å²) in [5, 5.41) is 0. The van der Waals surface area contributed by atoms with E-state index >= 15 is 0 Å². The van der Waals surface area contributed by atoms with Crippen molar-refractivity contribution in [1.82, 2.24) is 4.90 Å². The maximum absolute atomic E-state index is 13.0. The zero-order chi connectivity index (χ0) is 22.8. The molecule has 0 saturated carbocycles. The molecule has 1 aliphatic rings. The fourth-order valence-corrected chi connectivity index (χ4v) is 3.79. The third-order valence-corrected chi connectivity index (χ3v) is 5.76. The predicted octanol–water partition coefficient (Wildman–Crippen LogP) is 3.84. The minimum absolute atomic E-state index is 0.0136. The van der Waals surface area contributed by atoms with Gasteiger partial charge in [-0.25, -0.2) is 4.79 Å². The van der Waals surface area contributed by atoms with Crippen LogP contribution in [0.25, 0.3) is 0 Å². The number of benzene rings is 3. The molecule has 3 aromatic rings. The van der Waals surface area contributed by atoms with Crippen molar-refractivity contribution < 1.29 is 23.9 Å². The zero-order valence-electron chi connectivity index (χ0n) is 17.7. The van der Waals surface area contributed by atoms with Gasteiger partial charge in [-0.15, -0.1) is 0 Å². The molecule has 6 heteroatoms. The van der Waals surface area contributed by atoms with Gasteiger partial charge in [0.25, 0.3) is 5.91 Å². The summed E-state index contributed by atoms with van der Waals surface area (Å²) in [5.41, 5.74) is 1.65. The Hall–Kier alpha value is -4.06. The Morgan fingerprint density at radius 2 is 1.41 bits per heavy atom. The SMILES string of the molecule is CC(c1ccccc1)N(C)C(=O)COC(=O)c1cccc2c1C(=O)c1ccccc1C2=O. The van der Waals surface area contributed by atoms with Crippen molar-refractivity contribution >= 4 is 23.4 Å². The summed E-state index contributed by atoms with van der Waals surface area (Å²) in [5.74, 6) is -1.94. The number of likely N-dealkylation sites (N-methyl/N-ethyl adjacent to an activating group) is 1. The Morgan fingerprint density at radius 1 is 0.812 bits per heavy atom. The van der Waals surface area contributed by atoms with Gasteiger partial charge in [0.15, 0.2) is 18.2 Å². The monoisotopic (exact) mass is 427 g/mol. The molecular formula is C26H21NO5. The van der Waals surface area contributed by atoms with Crippen molar-refractivity contribution in [2.75, 3.05) is 13.7 Å². The Morgan fingerprint density at radius 3 is 2.09 bits per heavy atom. The Bertz CT molecular complexity index is 1230. The van der Waals surface area contributed by atoms with E-state index in [0.29, 0.717) is 5.56 Å². The number of fused-ring (bicyclic) bond motifs is 2. The number of carbonyl (C=O) groups is 4. The third kappa shape index (κ3) is 3.71. The maximum Gasteiger partial charge on any atom is 0.339 e. The number of esters is 1. The number of hydrogen-bond acceptors (Lipinski definition) is 5. The number of nitrogens with zero attached hydrogens (tertiary/aromatic N) is 1. The molecule has 0 aliphatic heterocycles. The van der Waals surface area contributed by atoms with E-state index in [-0.39, 0.29) is 40.0 Å². The average molecular weight is 427 g/mol. The fraction of sp³-hybridized carbons (Fsp3) is 0.154. The fourth-order valence-electron chi connectivity index (χ4n) is 3.79. The van der Waals surface area contributed by atoms with Crippen LogP contribution < -0.4 is 0 Å². The highest BCUT2D eigenvalue weighted by molar-refractivity contribution is 6.30. The summed E-state index contributed by atoms with van der Waals surface area (Å²) >= 11 is 0. The molecule has 0 bridgehead atoms. The second kappa shape index (κ2) is 8.59. The molecule has 0 spiro atoms. The number of rotatable bonds is 5. The molecule has 32 heavy (non-hydrogen) atoms. The van der Waals surface area contributed by atoms with Gasteiger partial charge in [0.2, 0.25) is 0 Å². The molecule has 0 radical (unpaired) electrons. The second-order valence-electron chi connectivity index (χ2n) is 7.60. The van der Waals surface area contributed by atoms with E-state index in [1.54, 1.807) is 31.3 Å². The zero-order valence-corrected chi connectivity index (χ0v) is 17.7. The normalized spacial score (nSPS) is 13.1. The van der Waals surface area contributed by atoms with Crippen molar-refractivity contribution in [3.8, 4) is 0 Å². The predicted molar refractivity (Wildman–Crippen MR) is 118 cm³/mol. The van der Waals surface area contributed by atoms with Crippen LogP contribution in [0.4, 0.5) is 0 Å². The quantitative estimate of drug-likeness (QED) is 0.452. The highest BCUT2D eigenvalue weighted by atomic mass is 16.5. The van der Waals surface area contributed by atoms with Gasteiger partial charge in [-0.3, -0.25) is 14.4 Å². The first-order chi connectivity index (χ1) is 15.4. The molecular weight excluding hydrogens is 406 g/mol. The van der Waals surface area contributed by atoms with Crippen LogP contribution in [0, 0.1) is 0 Å². The van der Waals surface area contributed by atoms with Crippen LogP contribution in [0.2, 0.25) is 0 Å². The Labute approximate surface area is 185 Å². The van der Waals surface area contributed by atoms with E-state index in [2.05, 4.69) is 0 Å². The second-order valence-corrected chi connectivity index (χ2v) is 7.60. The van der Waals surface area contributed by atoms with E-state index in [1.807, 2.05) is 37.3 Å². The summed E-state index contributed by atoms with van der Waals surface area (Å²) < 4.78 is 5.24. The van der Waals surface area contributed by atoms with Crippen LogP contribution in [0.15, 0.2) is 72.8 Å². The standard InChI is InChI=1S/C26H21NO5/c1-16(17-9-4-3-5-10-17)27(2)22(28)15-32-26(31)21-14-8-13-20-23(21)25(30)19-12-7-6-11-18(19)24(20)29/h3-14,16H,15H2,1-2H3. The van der Waals surface area contributed by atoms with Crippen molar-refractivity contribution in [3.63, 3.8) is 0 Å². The molecule has 0 aromatic heterocycles. The number of carbonyl (C=O) groups excluding carboxylic acids is 4. The molecule has 0 heterocycles. The van der Waals surface area contributed by atoms with E-state index in [9.17, 15) is 19.2 Å². The van der Waals surface area contributed by atoms with E-state index < -0.39 is 18.4 Å². The highest BCUT2D eigenvalue weighted by Crippen LogP contribution is 2.30. The molecule has 0 fully saturated rings. The highest BCUT2D eigenvalue weighted by Gasteiger charge is 2.33. The smallest absolute Gasteiger partial charge is 0.339 e. The van der Waals surface area contributed by atoms with E-state index in [0.717, 1.165) is 5.56 Å². The summed E-state index contributed by atoms with van der Waals surface area (Å²) in [7, 11) is 1.64. The number of hydrogen-bond donors (Lipinski definition) is 0. The minimum atomic E-state index is -0.823. The van der Waals surface area contributed by atoms with Crippen LogP contribution >= 0.6 is 0 Å². The van der Waals surface area contributed by atoms with Gasteiger partial charge in [-0.2, -0.15) is 0 Å². The minimum Gasteiger partial charge on any atom is -0.452 e. The van der Waals surface area contributed by atoms with Crippen LogP contribution in [-0.4, -0.2) is 42.0 Å². The van der Waals surface area contributed by atoms with E-state index in [4.69, 9.17) is 4.74 Å². The van der Waals surface area contributed by atoms with Crippen LogP contribution in [0.1, 0.15) is 60.7 Å². The first kappa shape index (κ1) is 21.2. The number of amides is 1. The van der Waals surface area contributed by atoms with Gasteiger partial charge in [0.1, 0.15) is 0 Å². The van der Waals surface area contributed by atoms with Crippen molar-refractivity contribution in [1.29, 1.82) is 0 Å². The lowest BCUT2D eigenvalue weighted by Gasteiger charge is -2.25. The van der Waals surface area contributed by atoms with Crippen LogP contribution in [0.5, 0.6) is 0 Å². The van der Waals surface area contributed by atoms with E-state index in [1.165, 1.54) is 23.1 Å². The molecule has 0 saturated heterocycles. The lowest BCUT2D eigenvalue weighted by atomic mass is 9.82. The number of ketones is 2. The van der Waals surface area contributed by atoms with Gasteiger partial charge in [-0.05, 0) is 18.6 Å². The van der Waals surface area contributed by atoms with Crippen LogP contribution in [0.3, 0.4) is 0 Å². The summed E-state index contributed by atoms with van der Waals surface area (Å²) in [6.07, 6.45) is 0. The molecule has 1 aliphatic carbocycles. The van der Waals surface area contributed by atoms with Crippen molar-refractivity contribution in [2.24, 2.45) is 0 Å². The molecule has 3 aromatic carbocycles. The lowest BCUT2D eigenvalue weighted by molar-refractivity contribution is -0.135. The topological polar surface area (TPSA) is 80.8 Å². The first-order valence-electron chi connectivity index (χ1n) is 10.2. The third-order valence-electron chi connectivity index (χ3n) is 5.76. The molecule has 160 valence electrons. The maximum atomic E-state index is 13.0. The Balaban J connectivity index is 1.52. The van der Waals surface area contributed by atoms with Crippen molar-refractivity contribution in [2.45, 2.75) is 13.0 Å².